The summed E-state index contributed by atoms with van der Waals surface area (Å²) in [6, 6.07) is 12.2. The van der Waals surface area contributed by atoms with E-state index in [0.717, 1.165) is 5.56 Å². The molecule has 2 rings (SSSR count). The highest BCUT2D eigenvalue weighted by atomic mass is 16.5. The van der Waals surface area contributed by atoms with Crippen molar-refractivity contribution in [1.82, 2.24) is 0 Å². The molecule has 0 saturated carbocycles. The first-order valence-electron chi connectivity index (χ1n) is 8.28. The van der Waals surface area contributed by atoms with Crippen molar-refractivity contribution < 1.29 is 24.2 Å². The number of carbonyl (C=O) groups excluding carboxylic acids is 1. The highest BCUT2D eigenvalue weighted by Crippen LogP contribution is 2.20. The number of ether oxygens (including phenoxy) is 2. The molecule has 0 spiro atoms. The number of benzene rings is 2. The number of hydrogen-bond acceptors (Lipinski definition) is 4. The summed E-state index contributed by atoms with van der Waals surface area (Å²) in [5.74, 6) is -0.456. The van der Waals surface area contributed by atoms with Gasteiger partial charge in [0.1, 0.15) is 5.75 Å². The number of carboxylic acid groups (broad SMARTS) is 1. The van der Waals surface area contributed by atoms with Crippen molar-refractivity contribution in [2.75, 3.05) is 19.0 Å². The summed E-state index contributed by atoms with van der Waals surface area (Å²) in [7, 11) is 1.52. The van der Waals surface area contributed by atoms with Crippen LogP contribution in [0.15, 0.2) is 42.5 Å². The Kier molecular flexibility index (Phi) is 6.74. The Balaban J connectivity index is 2.03. The van der Waals surface area contributed by atoms with Crippen molar-refractivity contribution >= 4 is 17.6 Å². The van der Waals surface area contributed by atoms with Crippen molar-refractivity contribution in [2.45, 2.75) is 26.4 Å². The minimum Gasteiger partial charge on any atom is -0.484 e. The lowest BCUT2D eigenvalue weighted by Crippen LogP contribution is -2.20. The number of methoxy groups -OCH3 is 1. The largest absolute Gasteiger partial charge is 0.484 e. The van der Waals surface area contributed by atoms with Gasteiger partial charge >= 0.3 is 5.97 Å². The molecule has 0 aliphatic carbocycles. The molecular formula is C20H23NO5. The van der Waals surface area contributed by atoms with Crippen LogP contribution in [0.5, 0.6) is 5.75 Å². The molecule has 2 aromatic carbocycles. The lowest BCUT2D eigenvalue weighted by atomic mass is 10.0. The smallest absolute Gasteiger partial charge is 0.335 e. The van der Waals surface area contributed by atoms with Crippen LogP contribution < -0.4 is 10.1 Å². The summed E-state index contributed by atoms with van der Waals surface area (Å²) in [5.41, 5.74) is 2.26. The van der Waals surface area contributed by atoms with Gasteiger partial charge in [-0.15, -0.1) is 0 Å². The maximum absolute atomic E-state index is 12.1. The number of anilines is 1. The number of carboxylic acids is 1. The van der Waals surface area contributed by atoms with E-state index in [1.54, 1.807) is 12.1 Å². The average molecular weight is 357 g/mol. The fraction of sp³-hybridized carbons (Fsp3) is 0.300. The van der Waals surface area contributed by atoms with Gasteiger partial charge in [0.2, 0.25) is 0 Å². The molecule has 6 heteroatoms. The molecule has 6 nitrogen and oxygen atoms in total. The van der Waals surface area contributed by atoms with E-state index in [1.807, 2.05) is 18.2 Å². The molecule has 0 aromatic heterocycles. The SMILES string of the molecule is COCc1cc(NC(=O)COc2cccc(C(C)C)c2)cc(C(=O)O)c1. The van der Waals surface area contributed by atoms with E-state index in [1.165, 1.54) is 19.2 Å². The quantitative estimate of drug-likeness (QED) is 0.753. The van der Waals surface area contributed by atoms with Gasteiger partial charge in [-0.1, -0.05) is 26.0 Å². The molecule has 0 unspecified atom stereocenters. The van der Waals surface area contributed by atoms with Crippen molar-refractivity contribution in [3.63, 3.8) is 0 Å². The molecular weight excluding hydrogens is 334 g/mol. The predicted octanol–water partition coefficient (Wildman–Crippen LogP) is 3.67. The van der Waals surface area contributed by atoms with Gasteiger partial charge in [0.15, 0.2) is 6.61 Å². The van der Waals surface area contributed by atoms with Crippen LogP contribution in [-0.2, 0) is 16.1 Å². The van der Waals surface area contributed by atoms with Crippen molar-refractivity contribution in [2.24, 2.45) is 0 Å². The Labute approximate surface area is 152 Å². The van der Waals surface area contributed by atoms with Gasteiger partial charge in [-0.25, -0.2) is 4.79 Å². The molecule has 0 aliphatic heterocycles. The minimum absolute atomic E-state index is 0.0837. The molecule has 0 atom stereocenters. The molecule has 0 saturated heterocycles. The van der Waals surface area contributed by atoms with Crippen molar-refractivity contribution in [3.8, 4) is 5.75 Å². The van der Waals surface area contributed by atoms with E-state index in [2.05, 4.69) is 19.2 Å². The van der Waals surface area contributed by atoms with Crippen LogP contribution in [-0.4, -0.2) is 30.7 Å². The second-order valence-electron chi connectivity index (χ2n) is 6.22. The molecule has 0 aliphatic rings. The summed E-state index contributed by atoms with van der Waals surface area (Å²) in [6.07, 6.45) is 0. The zero-order valence-corrected chi connectivity index (χ0v) is 15.1. The number of amides is 1. The Hall–Kier alpha value is -2.86. The second kappa shape index (κ2) is 9.01. The Bertz CT molecular complexity index is 786. The first-order valence-corrected chi connectivity index (χ1v) is 8.28. The Morgan fingerprint density at radius 1 is 1.15 bits per heavy atom. The number of aromatic carboxylic acids is 1. The summed E-state index contributed by atoms with van der Waals surface area (Å²) >= 11 is 0. The van der Waals surface area contributed by atoms with Gasteiger partial charge in [-0.05, 0) is 47.4 Å². The highest BCUT2D eigenvalue weighted by Gasteiger charge is 2.10. The van der Waals surface area contributed by atoms with Gasteiger partial charge in [-0.3, -0.25) is 4.79 Å². The maximum Gasteiger partial charge on any atom is 0.335 e. The predicted molar refractivity (Wildman–Crippen MR) is 98.8 cm³/mol. The minimum atomic E-state index is -1.07. The third kappa shape index (κ3) is 5.60. The van der Waals surface area contributed by atoms with Crippen molar-refractivity contribution in [1.29, 1.82) is 0 Å². The number of rotatable bonds is 8. The monoisotopic (exact) mass is 357 g/mol. The Morgan fingerprint density at radius 3 is 2.58 bits per heavy atom. The van der Waals surface area contributed by atoms with E-state index in [-0.39, 0.29) is 24.7 Å². The molecule has 138 valence electrons. The molecule has 2 aromatic rings. The van der Waals surface area contributed by atoms with Gasteiger partial charge < -0.3 is 19.9 Å². The van der Waals surface area contributed by atoms with Crippen molar-refractivity contribution in [3.05, 3.63) is 59.2 Å². The molecule has 1 amide bonds. The first-order chi connectivity index (χ1) is 12.4. The van der Waals surface area contributed by atoms with Gasteiger partial charge in [-0.2, -0.15) is 0 Å². The molecule has 26 heavy (non-hydrogen) atoms. The van der Waals surface area contributed by atoms with E-state index in [0.29, 0.717) is 22.9 Å². The molecule has 0 fully saturated rings. The zero-order valence-electron chi connectivity index (χ0n) is 15.1. The first kappa shape index (κ1) is 19.5. The third-order valence-corrected chi connectivity index (χ3v) is 3.73. The number of nitrogens with one attached hydrogen (secondary N) is 1. The molecule has 2 N–H and O–H groups in total. The second-order valence-corrected chi connectivity index (χ2v) is 6.22. The van der Waals surface area contributed by atoms with Crippen LogP contribution in [0.4, 0.5) is 5.69 Å². The van der Waals surface area contributed by atoms with Gasteiger partial charge in [0, 0.05) is 12.8 Å². The van der Waals surface area contributed by atoms with E-state index in [4.69, 9.17) is 9.47 Å². The molecule has 0 bridgehead atoms. The highest BCUT2D eigenvalue weighted by molar-refractivity contribution is 5.94. The average Bonchev–Trinajstić information content (AvgIpc) is 2.60. The van der Waals surface area contributed by atoms with Gasteiger partial charge in [0.25, 0.3) is 5.91 Å². The fourth-order valence-electron chi connectivity index (χ4n) is 2.45. The van der Waals surface area contributed by atoms with Crippen LogP contribution in [0.1, 0.15) is 41.3 Å². The van der Waals surface area contributed by atoms with Crippen LogP contribution in [0.2, 0.25) is 0 Å². The summed E-state index contributed by atoms with van der Waals surface area (Å²) < 4.78 is 10.6. The van der Waals surface area contributed by atoms with Gasteiger partial charge in [0.05, 0.1) is 12.2 Å². The lowest BCUT2D eigenvalue weighted by Gasteiger charge is -2.11. The van der Waals surface area contributed by atoms with E-state index in [9.17, 15) is 14.7 Å². The lowest BCUT2D eigenvalue weighted by molar-refractivity contribution is -0.118. The zero-order chi connectivity index (χ0) is 19.1. The summed E-state index contributed by atoms with van der Waals surface area (Å²) in [4.78, 5) is 23.4. The van der Waals surface area contributed by atoms with E-state index < -0.39 is 5.97 Å². The number of carbonyl (C=O) groups is 2. The van der Waals surface area contributed by atoms with E-state index >= 15 is 0 Å². The standard InChI is InChI=1S/C20H23NO5/c1-13(2)15-5-4-6-18(10-15)26-12-19(22)21-17-8-14(11-25-3)7-16(9-17)20(23)24/h4-10,13H,11-12H2,1-3H3,(H,21,22)(H,23,24). The maximum atomic E-state index is 12.1. The molecule has 0 heterocycles. The number of hydrogen-bond donors (Lipinski definition) is 2. The topological polar surface area (TPSA) is 84.9 Å². The normalized spacial score (nSPS) is 10.6. The third-order valence-electron chi connectivity index (χ3n) is 3.73. The molecule has 0 radical (unpaired) electrons. The fourth-order valence-corrected chi connectivity index (χ4v) is 2.45. The van der Waals surface area contributed by atoms with Crippen LogP contribution in [0, 0.1) is 0 Å². The van der Waals surface area contributed by atoms with Crippen LogP contribution in [0.25, 0.3) is 0 Å². The summed E-state index contributed by atoms with van der Waals surface area (Å²) in [6.45, 7) is 4.25. The van der Waals surface area contributed by atoms with Crippen LogP contribution >= 0.6 is 0 Å². The Morgan fingerprint density at radius 2 is 1.92 bits per heavy atom. The van der Waals surface area contributed by atoms with Crippen LogP contribution in [0.3, 0.4) is 0 Å². The summed E-state index contributed by atoms with van der Waals surface area (Å²) in [5, 5.41) is 11.8.